The van der Waals surface area contributed by atoms with E-state index >= 15 is 0 Å². The molecule has 0 heterocycles. The molecule has 0 saturated heterocycles. The molecule has 1 unspecified atom stereocenters. The van der Waals surface area contributed by atoms with Crippen molar-refractivity contribution < 1.29 is 14.3 Å². The third-order valence-electron chi connectivity index (χ3n) is 3.71. The standard InChI is InChI=1S/C20H24ClNO3/c1-13-5-7-17(8-6-13)24-11-16(4)22-19(23)12-25-18-9-14(2)20(21)15(3)10-18/h5-10,16H,11-12H2,1-4H3,(H,22,23). The summed E-state index contributed by atoms with van der Waals surface area (Å²) in [6.07, 6.45) is 0. The number of hydrogen-bond donors (Lipinski definition) is 1. The van der Waals surface area contributed by atoms with Crippen molar-refractivity contribution in [1.29, 1.82) is 0 Å². The highest BCUT2D eigenvalue weighted by molar-refractivity contribution is 6.32. The van der Waals surface area contributed by atoms with Crippen LogP contribution in [0.15, 0.2) is 36.4 Å². The Bertz CT molecular complexity index is 705. The SMILES string of the molecule is Cc1ccc(OCC(C)NC(=O)COc2cc(C)c(Cl)c(C)c2)cc1. The van der Waals surface area contributed by atoms with Crippen molar-refractivity contribution in [3.05, 3.63) is 58.1 Å². The summed E-state index contributed by atoms with van der Waals surface area (Å²) in [6, 6.07) is 11.3. The molecule has 0 aliphatic carbocycles. The predicted molar refractivity (Wildman–Crippen MR) is 101 cm³/mol. The minimum Gasteiger partial charge on any atom is -0.491 e. The smallest absolute Gasteiger partial charge is 0.258 e. The van der Waals surface area contributed by atoms with E-state index in [1.165, 1.54) is 5.56 Å². The van der Waals surface area contributed by atoms with Crippen LogP contribution in [0.2, 0.25) is 5.02 Å². The highest BCUT2D eigenvalue weighted by atomic mass is 35.5. The van der Waals surface area contributed by atoms with Crippen LogP contribution in [0.4, 0.5) is 0 Å². The fraction of sp³-hybridized carbons (Fsp3) is 0.350. The Morgan fingerprint density at radius 2 is 1.64 bits per heavy atom. The number of hydrogen-bond acceptors (Lipinski definition) is 3. The van der Waals surface area contributed by atoms with Crippen LogP contribution in [-0.4, -0.2) is 25.2 Å². The monoisotopic (exact) mass is 361 g/mol. The van der Waals surface area contributed by atoms with E-state index in [1.807, 2.05) is 64.1 Å². The van der Waals surface area contributed by atoms with Crippen molar-refractivity contribution in [3.8, 4) is 11.5 Å². The molecule has 134 valence electrons. The third-order valence-corrected chi connectivity index (χ3v) is 4.30. The van der Waals surface area contributed by atoms with E-state index in [0.717, 1.165) is 21.9 Å². The second kappa shape index (κ2) is 8.77. The maximum absolute atomic E-state index is 12.0. The highest BCUT2D eigenvalue weighted by Gasteiger charge is 2.10. The molecule has 0 saturated carbocycles. The molecule has 2 aromatic rings. The van der Waals surface area contributed by atoms with E-state index in [1.54, 1.807) is 0 Å². The molecule has 2 aromatic carbocycles. The molecular weight excluding hydrogens is 338 g/mol. The number of benzene rings is 2. The molecule has 0 aliphatic heterocycles. The molecule has 1 amide bonds. The van der Waals surface area contributed by atoms with Crippen molar-refractivity contribution in [2.24, 2.45) is 0 Å². The predicted octanol–water partition coefficient (Wildman–Crippen LogP) is 4.23. The second-order valence-electron chi connectivity index (χ2n) is 6.25. The summed E-state index contributed by atoms with van der Waals surface area (Å²) in [5.41, 5.74) is 3.03. The summed E-state index contributed by atoms with van der Waals surface area (Å²) < 4.78 is 11.2. The minimum absolute atomic E-state index is 0.0462. The number of ether oxygens (including phenoxy) is 2. The second-order valence-corrected chi connectivity index (χ2v) is 6.63. The van der Waals surface area contributed by atoms with Gasteiger partial charge in [0.1, 0.15) is 18.1 Å². The van der Waals surface area contributed by atoms with Crippen LogP contribution in [0.5, 0.6) is 11.5 Å². The molecule has 0 fully saturated rings. The summed E-state index contributed by atoms with van der Waals surface area (Å²) in [5.74, 6) is 1.23. The summed E-state index contributed by atoms with van der Waals surface area (Å²) in [6.45, 7) is 8.09. The first kappa shape index (κ1) is 19.1. The summed E-state index contributed by atoms with van der Waals surface area (Å²) in [4.78, 5) is 12.0. The first-order valence-corrected chi connectivity index (χ1v) is 8.61. The molecule has 0 aromatic heterocycles. The van der Waals surface area contributed by atoms with Gasteiger partial charge in [0.05, 0.1) is 6.04 Å². The van der Waals surface area contributed by atoms with E-state index in [-0.39, 0.29) is 18.6 Å². The average Bonchev–Trinajstić information content (AvgIpc) is 2.57. The molecule has 2 rings (SSSR count). The van der Waals surface area contributed by atoms with Gasteiger partial charge in [0, 0.05) is 5.02 Å². The normalized spacial score (nSPS) is 11.7. The van der Waals surface area contributed by atoms with Gasteiger partial charge >= 0.3 is 0 Å². The fourth-order valence-corrected chi connectivity index (χ4v) is 2.46. The van der Waals surface area contributed by atoms with Crippen LogP contribution in [0.1, 0.15) is 23.6 Å². The van der Waals surface area contributed by atoms with Crippen molar-refractivity contribution in [2.45, 2.75) is 33.7 Å². The van der Waals surface area contributed by atoms with E-state index in [9.17, 15) is 4.79 Å². The Hall–Kier alpha value is -2.20. The van der Waals surface area contributed by atoms with Gasteiger partial charge in [-0.25, -0.2) is 0 Å². The van der Waals surface area contributed by atoms with Crippen LogP contribution < -0.4 is 14.8 Å². The Kier molecular flexibility index (Phi) is 6.71. The van der Waals surface area contributed by atoms with Gasteiger partial charge in [-0.15, -0.1) is 0 Å². The zero-order valence-electron chi connectivity index (χ0n) is 15.1. The lowest BCUT2D eigenvalue weighted by Crippen LogP contribution is -2.39. The number of carbonyl (C=O) groups excluding carboxylic acids is 1. The number of carbonyl (C=O) groups is 1. The van der Waals surface area contributed by atoms with Crippen LogP contribution in [0.25, 0.3) is 0 Å². The van der Waals surface area contributed by atoms with Gasteiger partial charge in [-0.1, -0.05) is 29.3 Å². The molecule has 4 nitrogen and oxygen atoms in total. The number of aryl methyl sites for hydroxylation is 3. The average molecular weight is 362 g/mol. The topological polar surface area (TPSA) is 47.6 Å². The molecule has 5 heteroatoms. The highest BCUT2D eigenvalue weighted by Crippen LogP contribution is 2.25. The first-order valence-electron chi connectivity index (χ1n) is 8.23. The van der Waals surface area contributed by atoms with Gasteiger partial charge in [0.25, 0.3) is 5.91 Å². The molecule has 25 heavy (non-hydrogen) atoms. The molecule has 1 N–H and O–H groups in total. The Balaban J connectivity index is 1.76. The quantitative estimate of drug-likeness (QED) is 0.802. The van der Waals surface area contributed by atoms with E-state index in [4.69, 9.17) is 21.1 Å². The maximum atomic E-state index is 12.0. The Labute approximate surface area is 154 Å². The minimum atomic E-state index is -0.190. The van der Waals surface area contributed by atoms with Gasteiger partial charge in [0.15, 0.2) is 6.61 Å². The van der Waals surface area contributed by atoms with Crippen LogP contribution in [-0.2, 0) is 4.79 Å². The van der Waals surface area contributed by atoms with Crippen LogP contribution in [0.3, 0.4) is 0 Å². The largest absolute Gasteiger partial charge is 0.491 e. The molecule has 0 bridgehead atoms. The molecular formula is C20H24ClNO3. The maximum Gasteiger partial charge on any atom is 0.258 e. The number of amides is 1. The zero-order valence-corrected chi connectivity index (χ0v) is 15.8. The van der Waals surface area contributed by atoms with E-state index in [0.29, 0.717) is 12.4 Å². The van der Waals surface area contributed by atoms with Crippen LogP contribution in [0, 0.1) is 20.8 Å². The number of nitrogens with one attached hydrogen (secondary N) is 1. The van der Waals surface area contributed by atoms with Gasteiger partial charge in [-0.3, -0.25) is 4.79 Å². The van der Waals surface area contributed by atoms with Gasteiger partial charge in [-0.2, -0.15) is 0 Å². The van der Waals surface area contributed by atoms with Crippen molar-refractivity contribution in [3.63, 3.8) is 0 Å². The van der Waals surface area contributed by atoms with Crippen molar-refractivity contribution >= 4 is 17.5 Å². The summed E-state index contributed by atoms with van der Waals surface area (Å²) >= 11 is 6.13. The molecule has 0 radical (unpaired) electrons. The van der Waals surface area contributed by atoms with Crippen LogP contribution >= 0.6 is 11.6 Å². The fourth-order valence-electron chi connectivity index (χ4n) is 2.35. The Morgan fingerprint density at radius 1 is 1.04 bits per heavy atom. The lowest BCUT2D eigenvalue weighted by atomic mass is 10.1. The summed E-state index contributed by atoms with van der Waals surface area (Å²) in [7, 11) is 0. The summed E-state index contributed by atoms with van der Waals surface area (Å²) in [5, 5.41) is 3.58. The zero-order chi connectivity index (χ0) is 18.4. The van der Waals surface area contributed by atoms with Crippen molar-refractivity contribution in [2.75, 3.05) is 13.2 Å². The Morgan fingerprint density at radius 3 is 2.24 bits per heavy atom. The molecule has 0 aliphatic rings. The van der Waals surface area contributed by atoms with Crippen molar-refractivity contribution in [1.82, 2.24) is 5.32 Å². The van der Waals surface area contributed by atoms with E-state index < -0.39 is 0 Å². The lowest BCUT2D eigenvalue weighted by molar-refractivity contribution is -0.123. The van der Waals surface area contributed by atoms with E-state index in [2.05, 4.69) is 5.32 Å². The molecule has 1 atom stereocenters. The van der Waals surface area contributed by atoms with Gasteiger partial charge in [0.2, 0.25) is 0 Å². The first-order chi connectivity index (χ1) is 11.8. The molecule has 0 spiro atoms. The lowest BCUT2D eigenvalue weighted by Gasteiger charge is -2.16. The number of rotatable bonds is 7. The third kappa shape index (κ3) is 5.98. The van der Waals surface area contributed by atoms with Gasteiger partial charge < -0.3 is 14.8 Å². The van der Waals surface area contributed by atoms with Gasteiger partial charge in [-0.05, 0) is 63.1 Å². The number of halogens is 1.